The summed E-state index contributed by atoms with van der Waals surface area (Å²) in [5, 5.41) is 14.6. The molecule has 1 aliphatic carbocycles. The number of anilines is 2. The van der Waals surface area contributed by atoms with Gasteiger partial charge in [-0.3, -0.25) is 4.79 Å². The van der Waals surface area contributed by atoms with E-state index in [1.165, 1.54) is 12.1 Å². The van der Waals surface area contributed by atoms with Crippen molar-refractivity contribution in [2.24, 2.45) is 0 Å². The number of aromatic nitrogens is 2. The summed E-state index contributed by atoms with van der Waals surface area (Å²) in [5.74, 6) is -2.09. The number of para-hydroxylation sites is 1. The molecule has 4 rings (SSSR count). The van der Waals surface area contributed by atoms with Crippen LogP contribution >= 0.6 is 0 Å². The highest BCUT2D eigenvalue weighted by Crippen LogP contribution is 2.26. The average molecular weight is 522 g/mol. The molecule has 3 aromatic rings. The van der Waals surface area contributed by atoms with Crippen molar-refractivity contribution in [3.05, 3.63) is 59.9 Å². The van der Waals surface area contributed by atoms with E-state index in [4.69, 9.17) is 14.9 Å². The molecular weight excluding hydrogens is 494 g/mol. The summed E-state index contributed by atoms with van der Waals surface area (Å²) in [6.07, 6.45) is -1.66. The van der Waals surface area contributed by atoms with Gasteiger partial charge in [0.25, 0.3) is 5.91 Å². The molecule has 0 aliphatic heterocycles. The number of alkyl halides is 3. The predicted octanol–water partition coefficient (Wildman–Crippen LogP) is 4.62. The number of carbonyl (C=O) groups excluding carboxylic acids is 1. The molecule has 0 unspecified atom stereocenters. The summed E-state index contributed by atoms with van der Waals surface area (Å²) in [7, 11) is 3.95. The lowest BCUT2D eigenvalue weighted by molar-refractivity contribution is -0.192. The van der Waals surface area contributed by atoms with Gasteiger partial charge < -0.3 is 20.6 Å². The topological polar surface area (TPSA) is 107 Å². The Kier molecular flexibility index (Phi) is 8.85. The number of fused-ring (bicyclic) bond motifs is 1. The lowest BCUT2D eigenvalue weighted by Crippen LogP contribution is -2.40. The highest BCUT2D eigenvalue weighted by atomic mass is 19.4. The van der Waals surface area contributed by atoms with Crippen LogP contribution in [0.4, 0.5) is 29.3 Å². The van der Waals surface area contributed by atoms with E-state index >= 15 is 0 Å². The second kappa shape index (κ2) is 11.8. The number of rotatable bonds is 5. The largest absolute Gasteiger partial charge is 0.490 e. The number of amides is 1. The maximum absolute atomic E-state index is 13.8. The van der Waals surface area contributed by atoms with Gasteiger partial charge in [0.2, 0.25) is 5.95 Å². The Balaban J connectivity index is 0.000000479. The summed E-state index contributed by atoms with van der Waals surface area (Å²) < 4.78 is 45.5. The number of aliphatic carboxylic acids is 1. The first kappa shape index (κ1) is 27.6. The van der Waals surface area contributed by atoms with Crippen molar-refractivity contribution in [2.75, 3.05) is 24.3 Å². The van der Waals surface area contributed by atoms with Crippen LogP contribution in [0.2, 0.25) is 0 Å². The highest BCUT2D eigenvalue weighted by Gasteiger charge is 2.38. The van der Waals surface area contributed by atoms with Crippen LogP contribution in [0.25, 0.3) is 10.9 Å². The molecular formula is C25H27F4N5O3. The first-order valence-corrected chi connectivity index (χ1v) is 11.5. The Bertz CT molecular complexity index is 1240. The SMILES string of the molecule is CN(C)c1nc(NC2CCC(NC(=O)c3ccccc3F)CC2)nc2ccccc12.O=C(O)C(F)(F)F. The molecule has 1 saturated carbocycles. The highest BCUT2D eigenvalue weighted by molar-refractivity contribution is 5.94. The van der Waals surface area contributed by atoms with Crippen molar-refractivity contribution in [3.63, 3.8) is 0 Å². The lowest BCUT2D eigenvalue weighted by atomic mass is 9.91. The molecule has 1 heterocycles. The van der Waals surface area contributed by atoms with Gasteiger partial charge in [-0.25, -0.2) is 14.2 Å². The van der Waals surface area contributed by atoms with Crippen LogP contribution in [0.1, 0.15) is 36.0 Å². The van der Waals surface area contributed by atoms with Gasteiger partial charge in [-0.05, 0) is 49.9 Å². The van der Waals surface area contributed by atoms with E-state index in [1.54, 1.807) is 12.1 Å². The fourth-order valence-electron chi connectivity index (χ4n) is 3.94. The van der Waals surface area contributed by atoms with Gasteiger partial charge in [0, 0.05) is 31.6 Å². The van der Waals surface area contributed by atoms with Gasteiger partial charge >= 0.3 is 12.1 Å². The van der Waals surface area contributed by atoms with Crippen LogP contribution in [-0.4, -0.2) is 59.3 Å². The van der Waals surface area contributed by atoms with Crippen molar-refractivity contribution in [1.29, 1.82) is 0 Å². The number of carboxylic acids is 1. The first-order chi connectivity index (χ1) is 17.5. The van der Waals surface area contributed by atoms with Gasteiger partial charge in [-0.1, -0.05) is 24.3 Å². The fourth-order valence-corrected chi connectivity index (χ4v) is 3.94. The molecule has 1 aliphatic rings. The molecule has 2 aromatic carbocycles. The summed E-state index contributed by atoms with van der Waals surface area (Å²) in [4.78, 5) is 32.6. The number of halogens is 4. The van der Waals surface area contributed by atoms with Gasteiger partial charge in [-0.15, -0.1) is 0 Å². The van der Waals surface area contributed by atoms with E-state index in [0.29, 0.717) is 5.95 Å². The Morgan fingerprint density at radius 1 is 0.946 bits per heavy atom. The van der Waals surface area contributed by atoms with E-state index in [1.807, 2.05) is 43.3 Å². The van der Waals surface area contributed by atoms with Gasteiger partial charge in [0.1, 0.15) is 11.6 Å². The molecule has 198 valence electrons. The third-order valence-corrected chi connectivity index (χ3v) is 5.76. The Hall–Kier alpha value is -3.96. The Morgan fingerprint density at radius 2 is 1.51 bits per heavy atom. The molecule has 3 N–H and O–H groups in total. The van der Waals surface area contributed by atoms with Crippen LogP contribution in [0.15, 0.2) is 48.5 Å². The zero-order chi connectivity index (χ0) is 27.2. The monoisotopic (exact) mass is 521 g/mol. The van der Waals surface area contributed by atoms with Crippen molar-refractivity contribution in [1.82, 2.24) is 15.3 Å². The van der Waals surface area contributed by atoms with E-state index in [-0.39, 0.29) is 23.6 Å². The van der Waals surface area contributed by atoms with Crippen LogP contribution in [0, 0.1) is 5.82 Å². The first-order valence-electron chi connectivity index (χ1n) is 11.5. The number of nitrogens with one attached hydrogen (secondary N) is 2. The van der Waals surface area contributed by atoms with Gasteiger partial charge in [0.15, 0.2) is 0 Å². The molecule has 1 aromatic heterocycles. The van der Waals surface area contributed by atoms with Crippen molar-refractivity contribution >= 4 is 34.5 Å². The van der Waals surface area contributed by atoms with Crippen molar-refractivity contribution in [3.8, 4) is 0 Å². The summed E-state index contributed by atoms with van der Waals surface area (Å²) in [6, 6.07) is 14.3. The molecule has 0 saturated heterocycles. The van der Waals surface area contributed by atoms with E-state index in [9.17, 15) is 22.4 Å². The minimum Gasteiger partial charge on any atom is -0.475 e. The molecule has 0 radical (unpaired) electrons. The minimum atomic E-state index is -5.08. The van der Waals surface area contributed by atoms with Gasteiger partial charge in [-0.2, -0.15) is 18.2 Å². The van der Waals surface area contributed by atoms with Crippen molar-refractivity contribution < 1.29 is 32.3 Å². The number of nitrogens with zero attached hydrogens (tertiary/aromatic N) is 3. The normalized spacial score (nSPS) is 17.4. The average Bonchev–Trinajstić information content (AvgIpc) is 2.84. The fraction of sp³-hybridized carbons (Fsp3) is 0.360. The van der Waals surface area contributed by atoms with Crippen LogP contribution in [0.5, 0.6) is 0 Å². The zero-order valence-electron chi connectivity index (χ0n) is 20.2. The zero-order valence-corrected chi connectivity index (χ0v) is 20.2. The molecule has 12 heteroatoms. The third-order valence-electron chi connectivity index (χ3n) is 5.76. The standard InChI is InChI=1S/C23H26FN5O.C2HF3O2/c1-29(2)21-18-8-4-6-10-20(18)27-23(28-21)26-16-13-11-15(12-14-16)25-22(30)17-7-3-5-9-19(17)24;3-2(4,5)1(6)7/h3-10,15-16H,11-14H2,1-2H3,(H,25,30)(H,26,27,28);(H,6,7). The second-order valence-corrected chi connectivity index (χ2v) is 8.73. The van der Waals surface area contributed by atoms with E-state index in [0.717, 1.165) is 42.4 Å². The number of hydrogen-bond donors (Lipinski definition) is 3. The predicted molar refractivity (Wildman–Crippen MR) is 131 cm³/mol. The minimum absolute atomic E-state index is 0.0463. The smallest absolute Gasteiger partial charge is 0.475 e. The molecule has 0 atom stereocenters. The molecule has 0 bridgehead atoms. The molecule has 0 spiro atoms. The van der Waals surface area contributed by atoms with Crippen LogP contribution < -0.4 is 15.5 Å². The number of benzene rings is 2. The quantitative estimate of drug-likeness (QED) is 0.421. The summed E-state index contributed by atoms with van der Waals surface area (Å²) in [5.41, 5.74) is 1.00. The van der Waals surface area contributed by atoms with Gasteiger partial charge in [0.05, 0.1) is 11.1 Å². The maximum Gasteiger partial charge on any atom is 0.490 e. The van der Waals surface area contributed by atoms with Crippen LogP contribution in [-0.2, 0) is 4.79 Å². The second-order valence-electron chi connectivity index (χ2n) is 8.73. The van der Waals surface area contributed by atoms with E-state index in [2.05, 4.69) is 15.6 Å². The van der Waals surface area contributed by atoms with E-state index < -0.39 is 18.0 Å². The Morgan fingerprint density at radius 3 is 2.11 bits per heavy atom. The number of carbonyl (C=O) groups is 2. The summed E-state index contributed by atoms with van der Waals surface area (Å²) in [6.45, 7) is 0. The molecule has 8 nitrogen and oxygen atoms in total. The number of carboxylic acid groups (broad SMARTS) is 1. The maximum atomic E-state index is 13.8. The third kappa shape index (κ3) is 7.51. The molecule has 1 amide bonds. The number of hydrogen-bond acceptors (Lipinski definition) is 6. The Labute approximate surface area is 210 Å². The van der Waals surface area contributed by atoms with Crippen molar-refractivity contribution in [2.45, 2.75) is 43.9 Å². The molecule has 1 fully saturated rings. The van der Waals surface area contributed by atoms with Crippen LogP contribution in [0.3, 0.4) is 0 Å². The summed E-state index contributed by atoms with van der Waals surface area (Å²) >= 11 is 0. The molecule has 37 heavy (non-hydrogen) atoms. The lowest BCUT2D eigenvalue weighted by Gasteiger charge is -2.30.